The molecule has 0 amide bonds. The number of aromatic hydroxyl groups is 1. The zero-order chi connectivity index (χ0) is 16.5. The van der Waals surface area contributed by atoms with E-state index >= 15 is 0 Å². The van der Waals surface area contributed by atoms with Crippen molar-refractivity contribution in [2.24, 2.45) is 0 Å². The molecule has 1 N–H and O–H groups in total. The van der Waals surface area contributed by atoms with Crippen LogP contribution >= 0.6 is 11.6 Å². The van der Waals surface area contributed by atoms with Crippen LogP contribution in [-0.2, 0) is 12.8 Å². The summed E-state index contributed by atoms with van der Waals surface area (Å²) in [5.41, 5.74) is 7.42. The molecule has 0 spiro atoms. The van der Waals surface area contributed by atoms with Gasteiger partial charge in [0.1, 0.15) is 5.75 Å². The number of fused-ring (bicyclic) bond motifs is 2. The molecule has 0 aliphatic heterocycles. The van der Waals surface area contributed by atoms with Crippen molar-refractivity contribution in [2.75, 3.05) is 0 Å². The Morgan fingerprint density at radius 2 is 1.50 bits per heavy atom. The van der Waals surface area contributed by atoms with E-state index in [1.807, 2.05) is 18.2 Å². The predicted octanol–water partition coefficient (Wildman–Crippen LogP) is 5.73. The molecular weight excluding hydrogens is 316 g/mol. The Bertz CT molecular complexity index is 923. The van der Waals surface area contributed by atoms with E-state index in [-0.39, 0.29) is 5.75 Å². The molecule has 0 unspecified atom stereocenters. The normalized spacial score (nSPS) is 14.8. The van der Waals surface area contributed by atoms with Gasteiger partial charge in [-0.15, -0.1) is 0 Å². The number of rotatable bonds is 1. The Hall–Kier alpha value is -2.51. The van der Waals surface area contributed by atoms with Gasteiger partial charge in [0.2, 0.25) is 0 Å². The number of aryl methyl sites for hydroxylation is 2. The smallest absolute Gasteiger partial charge is 0.115 e. The molecule has 1 aliphatic carbocycles. The molecule has 1 nitrogen and oxygen atoms in total. The van der Waals surface area contributed by atoms with Crippen LogP contribution < -0.4 is 0 Å². The first-order chi connectivity index (χ1) is 11.7. The van der Waals surface area contributed by atoms with Crippen molar-refractivity contribution in [3.8, 4) is 5.75 Å². The molecule has 4 rings (SSSR count). The SMILES string of the molecule is Oc1ccc(C=C2c3ccccc3CCc3cc(Cl)ccc32)cc1. The Kier molecular flexibility index (Phi) is 3.87. The molecular formula is C22H17ClO. The van der Waals surface area contributed by atoms with Gasteiger partial charge in [-0.25, -0.2) is 0 Å². The monoisotopic (exact) mass is 332 g/mol. The topological polar surface area (TPSA) is 20.2 Å². The Labute approximate surface area is 146 Å². The average Bonchev–Trinajstić information content (AvgIpc) is 2.74. The molecule has 0 heterocycles. The summed E-state index contributed by atoms with van der Waals surface area (Å²) in [6.07, 6.45) is 4.19. The second-order valence-electron chi connectivity index (χ2n) is 6.11. The van der Waals surface area contributed by atoms with Crippen molar-refractivity contribution in [1.82, 2.24) is 0 Å². The summed E-state index contributed by atoms with van der Waals surface area (Å²) in [5, 5.41) is 10.3. The fourth-order valence-corrected chi connectivity index (χ4v) is 3.53. The molecule has 118 valence electrons. The molecule has 2 heteroatoms. The van der Waals surface area contributed by atoms with E-state index in [1.165, 1.54) is 27.8 Å². The average molecular weight is 333 g/mol. The Morgan fingerprint density at radius 3 is 2.33 bits per heavy atom. The Balaban J connectivity index is 1.95. The van der Waals surface area contributed by atoms with Gasteiger partial charge in [-0.2, -0.15) is 0 Å². The van der Waals surface area contributed by atoms with Crippen LogP contribution in [0, 0.1) is 0 Å². The minimum atomic E-state index is 0.283. The van der Waals surface area contributed by atoms with Crippen LogP contribution in [0.1, 0.15) is 27.8 Å². The van der Waals surface area contributed by atoms with Gasteiger partial charge in [-0.3, -0.25) is 0 Å². The fraction of sp³-hybridized carbons (Fsp3) is 0.0909. The molecule has 0 saturated carbocycles. The lowest BCUT2D eigenvalue weighted by atomic mass is 9.92. The third kappa shape index (κ3) is 2.83. The maximum atomic E-state index is 9.52. The van der Waals surface area contributed by atoms with Crippen molar-refractivity contribution < 1.29 is 5.11 Å². The van der Waals surface area contributed by atoms with E-state index in [1.54, 1.807) is 12.1 Å². The zero-order valence-electron chi connectivity index (χ0n) is 13.2. The van der Waals surface area contributed by atoms with Crippen LogP contribution in [0.4, 0.5) is 0 Å². The Morgan fingerprint density at radius 1 is 0.792 bits per heavy atom. The first-order valence-electron chi connectivity index (χ1n) is 8.08. The highest BCUT2D eigenvalue weighted by Crippen LogP contribution is 2.36. The lowest BCUT2D eigenvalue weighted by Crippen LogP contribution is -1.92. The lowest BCUT2D eigenvalue weighted by molar-refractivity contribution is 0.475. The van der Waals surface area contributed by atoms with Gasteiger partial charge in [0.15, 0.2) is 0 Å². The van der Waals surface area contributed by atoms with Crippen molar-refractivity contribution >= 4 is 23.3 Å². The number of halogens is 1. The van der Waals surface area contributed by atoms with Crippen molar-refractivity contribution in [2.45, 2.75) is 12.8 Å². The van der Waals surface area contributed by atoms with E-state index in [9.17, 15) is 5.11 Å². The van der Waals surface area contributed by atoms with Crippen LogP contribution in [0.15, 0.2) is 66.7 Å². The maximum absolute atomic E-state index is 9.52. The third-order valence-electron chi connectivity index (χ3n) is 4.53. The fourth-order valence-electron chi connectivity index (χ4n) is 3.34. The predicted molar refractivity (Wildman–Crippen MR) is 100 cm³/mol. The minimum absolute atomic E-state index is 0.283. The summed E-state index contributed by atoms with van der Waals surface area (Å²) in [5.74, 6) is 0.283. The molecule has 24 heavy (non-hydrogen) atoms. The van der Waals surface area contributed by atoms with Crippen molar-refractivity contribution in [3.05, 3.63) is 99.6 Å². The minimum Gasteiger partial charge on any atom is -0.508 e. The van der Waals surface area contributed by atoms with Crippen LogP contribution in [-0.4, -0.2) is 5.11 Å². The van der Waals surface area contributed by atoms with Gasteiger partial charge in [-0.1, -0.05) is 54.1 Å². The van der Waals surface area contributed by atoms with Crippen LogP contribution in [0.2, 0.25) is 5.02 Å². The number of phenols is 1. The molecule has 0 saturated heterocycles. The highest BCUT2D eigenvalue weighted by molar-refractivity contribution is 6.30. The summed E-state index contributed by atoms with van der Waals surface area (Å²) in [6, 6.07) is 22.0. The van der Waals surface area contributed by atoms with E-state index < -0.39 is 0 Å². The first-order valence-corrected chi connectivity index (χ1v) is 8.46. The van der Waals surface area contributed by atoms with Gasteiger partial charge in [0.25, 0.3) is 0 Å². The number of hydrogen-bond acceptors (Lipinski definition) is 1. The standard InChI is InChI=1S/C22H17ClO/c23-18-9-12-21-17(14-18)8-7-16-3-1-2-4-20(16)22(21)13-15-5-10-19(24)11-6-15/h1-6,9-14,24H,7-8H2. The van der Waals surface area contributed by atoms with E-state index in [0.717, 1.165) is 23.4 Å². The van der Waals surface area contributed by atoms with E-state index in [0.29, 0.717) is 0 Å². The third-order valence-corrected chi connectivity index (χ3v) is 4.77. The molecule has 0 aromatic heterocycles. The summed E-state index contributed by atoms with van der Waals surface area (Å²) >= 11 is 6.22. The van der Waals surface area contributed by atoms with Crippen LogP contribution in [0.3, 0.4) is 0 Å². The quantitative estimate of drug-likeness (QED) is 0.603. The summed E-state index contributed by atoms with van der Waals surface area (Å²) in [4.78, 5) is 0. The summed E-state index contributed by atoms with van der Waals surface area (Å²) < 4.78 is 0. The van der Waals surface area contributed by atoms with Crippen LogP contribution in [0.25, 0.3) is 11.6 Å². The van der Waals surface area contributed by atoms with Gasteiger partial charge in [0, 0.05) is 5.02 Å². The number of phenolic OH excluding ortho intramolecular Hbond substituents is 1. The highest BCUT2D eigenvalue weighted by Gasteiger charge is 2.18. The van der Waals surface area contributed by atoms with Crippen molar-refractivity contribution in [3.63, 3.8) is 0 Å². The largest absolute Gasteiger partial charge is 0.508 e. The number of benzene rings is 3. The summed E-state index contributed by atoms with van der Waals surface area (Å²) in [7, 11) is 0. The van der Waals surface area contributed by atoms with Gasteiger partial charge in [0.05, 0.1) is 0 Å². The van der Waals surface area contributed by atoms with E-state index in [4.69, 9.17) is 11.6 Å². The van der Waals surface area contributed by atoms with Gasteiger partial charge >= 0.3 is 0 Å². The summed E-state index contributed by atoms with van der Waals surface area (Å²) in [6.45, 7) is 0. The molecule has 3 aromatic carbocycles. The van der Waals surface area contributed by atoms with Crippen LogP contribution in [0.5, 0.6) is 5.75 Å². The second-order valence-corrected chi connectivity index (χ2v) is 6.54. The highest BCUT2D eigenvalue weighted by atomic mass is 35.5. The molecule has 3 aromatic rings. The molecule has 0 radical (unpaired) electrons. The second kappa shape index (κ2) is 6.18. The first kappa shape index (κ1) is 15.0. The van der Waals surface area contributed by atoms with Gasteiger partial charge in [-0.05, 0) is 76.6 Å². The zero-order valence-corrected chi connectivity index (χ0v) is 13.9. The number of hydrogen-bond donors (Lipinski definition) is 1. The molecule has 0 atom stereocenters. The molecule has 0 fully saturated rings. The maximum Gasteiger partial charge on any atom is 0.115 e. The van der Waals surface area contributed by atoms with Gasteiger partial charge < -0.3 is 5.11 Å². The van der Waals surface area contributed by atoms with E-state index in [2.05, 4.69) is 42.5 Å². The lowest BCUT2D eigenvalue weighted by Gasteiger charge is -2.12. The van der Waals surface area contributed by atoms with Crippen molar-refractivity contribution in [1.29, 1.82) is 0 Å². The molecule has 0 bridgehead atoms. The molecule has 1 aliphatic rings.